The zero-order valence-electron chi connectivity index (χ0n) is 20.9. The van der Waals surface area contributed by atoms with Crippen molar-refractivity contribution in [2.24, 2.45) is 0 Å². The number of para-hydroxylation sites is 1. The van der Waals surface area contributed by atoms with Crippen LogP contribution in [0.25, 0.3) is 60.2 Å². The fourth-order valence-corrected chi connectivity index (χ4v) is 6.99. The monoisotopic (exact) mass is 497 g/mol. The minimum atomic E-state index is -0.357. The molecule has 0 fully saturated rings. The predicted molar refractivity (Wildman–Crippen MR) is 162 cm³/mol. The van der Waals surface area contributed by atoms with Gasteiger partial charge in [0.05, 0.1) is 5.52 Å². The van der Waals surface area contributed by atoms with Gasteiger partial charge >= 0.3 is 5.76 Å². The summed E-state index contributed by atoms with van der Waals surface area (Å²) in [5, 5.41) is 7.04. The summed E-state index contributed by atoms with van der Waals surface area (Å²) in [4.78, 5) is 13.6. The normalized spacial score (nSPS) is 12.7. The smallest absolute Gasteiger partial charge is 0.409 e. The third-order valence-electron chi connectivity index (χ3n) is 8.51. The summed E-state index contributed by atoms with van der Waals surface area (Å²) in [5.41, 5.74) is 8.29. The van der Waals surface area contributed by atoms with Gasteiger partial charge in [-0.05, 0) is 61.8 Å². The largest absolute Gasteiger partial charge is 0.424 e. The first-order valence-corrected chi connectivity index (χ1v) is 13.3. The Hall–Kier alpha value is -5.09. The Balaban J connectivity index is 1.52. The molecule has 0 N–H and O–H groups in total. The fourth-order valence-electron chi connectivity index (χ4n) is 6.99. The van der Waals surface area contributed by atoms with Gasteiger partial charge in [0.2, 0.25) is 6.71 Å². The summed E-state index contributed by atoms with van der Waals surface area (Å²) in [6, 6.07) is 42.5. The number of fused-ring (bicyclic) bond motifs is 5. The lowest BCUT2D eigenvalue weighted by molar-refractivity contribution is 0.516. The molecule has 1 aromatic heterocycles. The van der Waals surface area contributed by atoms with Crippen LogP contribution in [0.5, 0.6) is 0 Å². The van der Waals surface area contributed by atoms with Crippen LogP contribution < -0.4 is 22.1 Å². The molecule has 0 saturated carbocycles. The number of rotatable bonds is 2. The van der Waals surface area contributed by atoms with Crippen LogP contribution in [0.2, 0.25) is 0 Å². The minimum absolute atomic E-state index is 0.0559. The second kappa shape index (κ2) is 7.49. The molecule has 39 heavy (non-hydrogen) atoms. The lowest BCUT2D eigenvalue weighted by Crippen LogP contribution is -2.57. The molecule has 180 valence electrons. The third kappa shape index (κ3) is 2.65. The summed E-state index contributed by atoms with van der Waals surface area (Å²) in [6.45, 7) is -0.0559. The molecule has 0 radical (unpaired) electrons. The van der Waals surface area contributed by atoms with E-state index in [1.807, 2.05) is 18.2 Å². The molecule has 0 atom stereocenters. The highest BCUT2D eigenvalue weighted by Gasteiger charge is 2.36. The first-order chi connectivity index (χ1) is 19.3. The van der Waals surface area contributed by atoms with Crippen molar-refractivity contribution in [2.45, 2.75) is 0 Å². The number of hydrogen-bond acceptors (Lipinski definition) is 2. The summed E-state index contributed by atoms with van der Waals surface area (Å²) >= 11 is 0. The van der Waals surface area contributed by atoms with Crippen LogP contribution in [0.1, 0.15) is 0 Å². The SMILES string of the molecule is O=c1oc2ccc3c4ccccc4c4cc5c(c2c34)n1-c1ccccc1B5c1ccccc1-c1ccccc1. The topological polar surface area (TPSA) is 35.1 Å². The van der Waals surface area contributed by atoms with Gasteiger partial charge in [-0.2, -0.15) is 0 Å². The maximum Gasteiger partial charge on any atom is 0.424 e. The molecule has 7 aromatic carbocycles. The van der Waals surface area contributed by atoms with E-state index in [1.54, 1.807) is 4.57 Å². The second-order valence-electron chi connectivity index (χ2n) is 10.4. The van der Waals surface area contributed by atoms with Gasteiger partial charge in [0.1, 0.15) is 5.58 Å². The van der Waals surface area contributed by atoms with Crippen molar-refractivity contribution < 1.29 is 4.42 Å². The highest BCUT2D eigenvalue weighted by atomic mass is 16.4. The standard InChI is InChI=1S/C35H20BNO2/c38-35-37-30-17-9-8-16-28(30)36(27-15-7-6-12-22(27)21-10-2-1-3-11-21)29-20-26-24-14-5-4-13-23(24)25-18-19-31(39-35)33(32(25)26)34(29)37/h1-20H. The van der Waals surface area contributed by atoms with E-state index < -0.39 is 0 Å². The van der Waals surface area contributed by atoms with E-state index in [-0.39, 0.29) is 12.5 Å². The Morgan fingerprint density at radius 3 is 2.10 bits per heavy atom. The number of nitrogens with zero attached hydrogens (tertiary/aromatic N) is 1. The molecule has 9 rings (SSSR count). The molecule has 0 bridgehead atoms. The Morgan fingerprint density at radius 1 is 0.564 bits per heavy atom. The van der Waals surface area contributed by atoms with Crippen LogP contribution in [-0.2, 0) is 0 Å². The van der Waals surface area contributed by atoms with Crippen molar-refractivity contribution in [3.8, 4) is 16.8 Å². The Labute approximate surface area is 224 Å². The van der Waals surface area contributed by atoms with Gasteiger partial charge in [-0.25, -0.2) is 9.36 Å². The number of aromatic nitrogens is 1. The molecule has 3 nitrogen and oxygen atoms in total. The molecule has 0 unspecified atom stereocenters. The van der Waals surface area contributed by atoms with E-state index in [1.165, 1.54) is 43.5 Å². The van der Waals surface area contributed by atoms with E-state index in [9.17, 15) is 4.79 Å². The van der Waals surface area contributed by atoms with E-state index in [2.05, 4.69) is 103 Å². The molecular weight excluding hydrogens is 477 g/mol. The van der Waals surface area contributed by atoms with Gasteiger partial charge in [0.25, 0.3) is 0 Å². The van der Waals surface area contributed by atoms with E-state index in [4.69, 9.17) is 4.42 Å². The molecule has 1 aliphatic rings. The maximum absolute atomic E-state index is 13.6. The van der Waals surface area contributed by atoms with Gasteiger partial charge in [0, 0.05) is 16.5 Å². The van der Waals surface area contributed by atoms with Crippen LogP contribution in [-0.4, -0.2) is 11.3 Å². The summed E-state index contributed by atoms with van der Waals surface area (Å²) < 4.78 is 7.81. The molecule has 1 aliphatic heterocycles. The number of benzene rings is 6. The molecular formula is C35H20BNO2. The van der Waals surface area contributed by atoms with Gasteiger partial charge < -0.3 is 4.42 Å². The molecule has 2 heterocycles. The first kappa shape index (κ1) is 20.9. The average Bonchev–Trinajstić information content (AvgIpc) is 3.32. The van der Waals surface area contributed by atoms with E-state index in [0.29, 0.717) is 5.58 Å². The third-order valence-corrected chi connectivity index (χ3v) is 8.51. The van der Waals surface area contributed by atoms with Gasteiger partial charge in [-0.15, -0.1) is 0 Å². The summed E-state index contributed by atoms with van der Waals surface area (Å²) in [5.74, 6) is -0.357. The zero-order valence-corrected chi connectivity index (χ0v) is 20.9. The Bertz CT molecular complexity index is 2310. The van der Waals surface area contributed by atoms with Gasteiger partial charge in [-0.3, -0.25) is 0 Å². The minimum Gasteiger partial charge on any atom is -0.409 e. The van der Waals surface area contributed by atoms with Crippen molar-refractivity contribution in [2.75, 3.05) is 0 Å². The fraction of sp³-hybridized carbons (Fsp3) is 0. The van der Waals surface area contributed by atoms with Crippen molar-refractivity contribution in [3.05, 3.63) is 132 Å². The van der Waals surface area contributed by atoms with E-state index >= 15 is 0 Å². The van der Waals surface area contributed by atoms with Crippen molar-refractivity contribution >= 4 is 66.5 Å². The van der Waals surface area contributed by atoms with Crippen LogP contribution >= 0.6 is 0 Å². The highest BCUT2D eigenvalue weighted by molar-refractivity contribution is 6.99. The summed E-state index contributed by atoms with van der Waals surface area (Å²) in [7, 11) is 0. The van der Waals surface area contributed by atoms with Crippen LogP contribution in [0.15, 0.2) is 131 Å². The molecule has 0 aliphatic carbocycles. The molecule has 4 heteroatoms. The Kier molecular flexibility index (Phi) is 4.02. The lowest BCUT2D eigenvalue weighted by Gasteiger charge is -2.29. The lowest BCUT2D eigenvalue weighted by atomic mass is 9.34. The summed E-state index contributed by atoms with van der Waals surface area (Å²) in [6.07, 6.45) is 0. The van der Waals surface area contributed by atoms with Gasteiger partial charge in [-0.1, -0.05) is 109 Å². The maximum atomic E-state index is 13.6. The van der Waals surface area contributed by atoms with E-state index in [0.717, 1.165) is 27.5 Å². The molecule has 0 amide bonds. The first-order valence-electron chi connectivity index (χ1n) is 13.3. The van der Waals surface area contributed by atoms with Crippen LogP contribution in [0, 0.1) is 0 Å². The molecule has 0 spiro atoms. The van der Waals surface area contributed by atoms with Crippen molar-refractivity contribution in [1.29, 1.82) is 0 Å². The van der Waals surface area contributed by atoms with Crippen molar-refractivity contribution in [3.63, 3.8) is 0 Å². The highest BCUT2D eigenvalue weighted by Crippen LogP contribution is 2.42. The average molecular weight is 497 g/mol. The van der Waals surface area contributed by atoms with Crippen LogP contribution in [0.3, 0.4) is 0 Å². The molecule has 8 aromatic rings. The molecule has 0 saturated heterocycles. The Morgan fingerprint density at radius 2 is 1.26 bits per heavy atom. The quantitative estimate of drug-likeness (QED) is 0.276. The predicted octanol–water partition coefficient (Wildman–Crippen LogP) is 5.98. The number of hydrogen-bond donors (Lipinski definition) is 0. The van der Waals surface area contributed by atoms with Gasteiger partial charge in [0.15, 0.2) is 0 Å². The van der Waals surface area contributed by atoms with Crippen LogP contribution in [0.4, 0.5) is 0 Å². The zero-order chi connectivity index (χ0) is 25.7. The second-order valence-corrected chi connectivity index (χ2v) is 10.4. The van der Waals surface area contributed by atoms with Crippen molar-refractivity contribution in [1.82, 2.24) is 4.57 Å².